The summed E-state index contributed by atoms with van der Waals surface area (Å²) in [6.07, 6.45) is 1.39. The van der Waals surface area contributed by atoms with Crippen molar-refractivity contribution in [3.8, 4) is 0 Å². The zero-order chi connectivity index (χ0) is 22.9. The van der Waals surface area contributed by atoms with E-state index in [1.165, 1.54) is 24.3 Å². The Balaban J connectivity index is 2.15. The smallest absolute Gasteiger partial charge is 0.355 e. The zero-order valence-electron chi connectivity index (χ0n) is 16.8. The molecule has 0 bridgehead atoms. The molecule has 164 valence electrons. The Morgan fingerprint density at radius 1 is 1.29 bits per heavy atom. The number of aliphatic carboxylic acids is 1. The van der Waals surface area contributed by atoms with E-state index < -0.39 is 27.9 Å². The second-order valence-electron chi connectivity index (χ2n) is 6.90. The lowest BCUT2D eigenvalue weighted by atomic mass is 10.0. The van der Waals surface area contributed by atoms with Crippen LogP contribution in [-0.4, -0.2) is 43.0 Å². The first kappa shape index (κ1) is 22.2. The van der Waals surface area contributed by atoms with Crippen LogP contribution in [0.2, 0.25) is 0 Å². The number of nitrogens with two attached hydrogens (primary N) is 1. The Morgan fingerprint density at radius 2 is 2.00 bits per heavy atom. The predicted molar refractivity (Wildman–Crippen MR) is 112 cm³/mol. The van der Waals surface area contributed by atoms with Gasteiger partial charge >= 0.3 is 11.9 Å². The molecule has 0 aliphatic carbocycles. The Labute approximate surface area is 178 Å². The molecule has 31 heavy (non-hydrogen) atoms. The number of sulfonamides is 1. The molecular weight excluding hydrogens is 426 g/mol. The number of hydrogen-bond donors (Lipinski definition) is 4. The minimum absolute atomic E-state index is 0.113. The number of carboxylic acid groups (broad SMARTS) is 1. The number of benzene rings is 1. The lowest BCUT2D eigenvalue weighted by Crippen LogP contribution is -2.12. The average molecular weight is 447 g/mol. The van der Waals surface area contributed by atoms with Gasteiger partial charge in [0.2, 0.25) is 10.0 Å². The molecule has 11 heteroatoms. The lowest BCUT2D eigenvalue weighted by Gasteiger charge is -2.04. The largest absolute Gasteiger partial charge is 0.481 e. The normalized spacial score (nSPS) is 14.4. The summed E-state index contributed by atoms with van der Waals surface area (Å²) in [6, 6.07) is 4.00. The fourth-order valence-corrected chi connectivity index (χ4v) is 3.91. The summed E-state index contributed by atoms with van der Waals surface area (Å²) in [7, 11) is -3.99. The van der Waals surface area contributed by atoms with Crippen LogP contribution in [0.15, 0.2) is 23.1 Å². The van der Waals surface area contributed by atoms with Gasteiger partial charge in [0.05, 0.1) is 17.1 Å². The average Bonchev–Trinajstić information content (AvgIpc) is 3.16. The van der Waals surface area contributed by atoms with Gasteiger partial charge in [0.25, 0.3) is 5.91 Å². The first-order chi connectivity index (χ1) is 14.5. The van der Waals surface area contributed by atoms with Gasteiger partial charge in [0, 0.05) is 23.4 Å². The number of primary sulfonamides is 1. The van der Waals surface area contributed by atoms with Gasteiger partial charge in [0.15, 0.2) is 0 Å². The van der Waals surface area contributed by atoms with Crippen molar-refractivity contribution in [2.24, 2.45) is 5.14 Å². The van der Waals surface area contributed by atoms with Gasteiger partial charge in [-0.05, 0) is 55.7 Å². The van der Waals surface area contributed by atoms with Crippen LogP contribution in [0.3, 0.4) is 0 Å². The topological polar surface area (TPSA) is 169 Å². The van der Waals surface area contributed by atoms with E-state index in [2.05, 4.69) is 10.3 Å². The molecular formula is C20H21N3O7S. The lowest BCUT2D eigenvalue weighted by molar-refractivity contribution is -0.137. The van der Waals surface area contributed by atoms with E-state index in [9.17, 15) is 22.8 Å². The molecule has 3 rings (SSSR count). The van der Waals surface area contributed by atoms with Gasteiger partial charge in [-0.3, -0.25) is 9.59 Å². The number of hydrogen-bond acceptors (Lipinski definition) is 6. The molecule has 2 heterocycles. The van der Waals surface area contributed by atoms with Crippen LogP contribution in [0, 0.1) is 6.92 Å². The predicted octanol–water partition coefficient (Wildman–Crippen LogP) is 1.66. The Kier molecular flexibility index (Phi) is 6.00. The number of carbonyl (C=O) groups excluding carboxylic acids is 2. The molecule has 2 aromatic rings. The highest BCUT2D eigenvalue weighted by Gasteiger charge is 2.27. The van der Waals surface area contributed by atoms with Crippen LogP contribution in [0.25, 0.3) is 11.6 Å². The van der Waals surface area contributed by atoms with Crippen molar-refractivity contribution in [1.29, 1.82) is 0 Å². The molecule has 1 aromatic heterocycles. The fourth-order valence-electron chi connectivity index (χ4n) is 3.37. The molecule has 1 amide bonds. The third-order valence-corrected chi connectivity index (χ3v) is 5.78. The molecule has 0 atom stereocenters. The van der Waals surface area contributed by atoms with Crippen LogP contribution in [-0.2, 0) is 30.8 Å². The van der Waals surface area contributed by atoms with Crippen molar-refractivity contribution in [2.45, 2.75) is 31.6 Å². The van der Waals surface area contributed by atoms with Crippen LogP contribution < -0.4 is 10.5 Å². The zero-order valence-corrected chi connectivity index (χ0v) is 17.6. The van der Waals surface area contributed by atoms with Gasteiger partial charge < -0.3 is 20.1 Å². The third-order valence-electron chi connectivity index (χ3n) is 4.87. The van der Waals surface area contributed by atoms with Crippen molar-refractivity contribution in [3.05, 3.63) is 46.3 Å². The maximum atomic E-state index is 12.5. The van der Waals surface area contributed by atoms with Crippen LogP contribution >= 0.6 is 0 Å². The van der Waals surface area contributed by atoms with Crippen molar-refractivity contribution >= 4 is 45.2 Å². The summed E-state index contributed by atoms with van der Waals surface area (Å²) in [5.74, 6) is -2.09. The summed E-state index contributed by atoms with van der Waals surface area (Å²) in [6.45, 7) is 3.47. The molecule has 0 fully saturated rings. The summed E-state index contributed by atoms with van der Waals surface area (Å²) in [5, 5.41) is 16.9. The Hall–Kier alpha value is -3.44. The van der Waals surface area contributed by atoms with E-state index in [1.807, 2.05) is 0 Å². The monoisotopic (exact) mass is 447 g/mol. The number of amides is 1. The fraction of sp³-hybridized carbons (Fsp3) is 0.250. The highest BCUT2D eigenvalue weighted by molar-refractivity contribution is 7.89. The van der Waals surface area contributed by atoms with Crippen LogP contribution in [0.1, 0.15) is 46.2 Å². The van der Waals surface area contributed by atoms with Crippen molar-refractivity contribution < 1.29 is 32.6 Å². The van der Waals surface area contributed by atoms with E-state index in [4.69, 9.17) is 15.0 Å². The molecule has 10 nitrogen and oxygen atoms in total. The van der Waals surface area contributed by atoms with Gasteiger partial charge in [-0.25, -0.2) is 18.4 Å². The summed E-state index contributed by atoms with van der Waals surface area (Å²) in [5.41, 5.74) is 2.46. The number of fused-ring (bicyclic) bond motifs is 1. The first-order valence-corrected chi connectivity index (χ1v) is 10.9. The van der Waals surface area contributed by atoms with E-state index in [-0.39, 0.29) is 35.6 Å². The molecule has 0 unspecified atom stereocenters. The van der Waals surface area contributed by atoms with Gasteiger partial charge in [0.1, 0.15) is 5.69 Å². The first-order valence-electron chi connectivity index (χ1n) is 9.33. The minimum Gasteiger partial charge on any atom is -0.481 e. The highest BCUT2D eigenvalue weighted by Crippen LogP contribution is 2.35. The van der Waals surface area contributed by atoms with Crippen molar-refractivity contribution in [3.63, 3.8) is 0 Å². The number of nitrogens with one attached hydrogen (secondary N) is 2. The number of esters is 1. The summed E-state index contributed by atoms with van der Waals surface area (Å²) >= 11 is 0. The van der Waals surface area contributed by atoms with Gasteiger partial charge in [-0.15, -0.1) is 0 Å². The highest BCUT2D eigenvalue weighted by atomic mass is 32.2. The third kappa shape index (κ3) is 4.52. The Bertz CT molecular complexity index is 1230. The number of ether oxygens (including phenoxy) is 1. The molecule has 5 N–H and O–H groups in total. The molecule has 0 saturated carbocycles. The van der Waals surface area contributed by atoms with Crippen molar-refractivity contribution in [2.75, 3.05) is 11.9 Å². The summed E-state index contributed by atoms with van der Waals surface area (Å²) < 4.78 is 28.4. The van der Waals surface area contributed by atoms with Crippen LogP contribution in [0.4, 0.5) is 5.69 Å². The van der Waals surface area contributed by atoms with Crippen molar-refractivity contribution in [1.82, 2.24) is 4.98 Å². The standard InChI is InChI=1S/C20H21N3O7S/c1-3-30-20(27)18-10(2)12(5-7-17(24)25)16(22-18)9-14-13-8-11(31(21,28)29)4-6-15(13)23-19(14)26/h4,6,8-9,22H,3,5,7H2,1-2H3,(H,23,26)(H,24,25)(H2,21,28,29)/b14-9-. The number of aromatic nitrogens is 1. The van der Waals surface area contributed by atoms with Gasteiger partial charge in [-0.1, -0.05) is 0 Å². The molecule has 0 saturated heterocycles. The number of carboxylic acids is 1. The maximum absolute atomic E-state index is 12.5. The number of aromatic amines is 1. The van der Waals surface area contributed by atoms with E-state index in [0.29, 0.717) is 28.1 Å². The van der Waals surface area contributed by atoms with Crippen LogP contribution in [0.5, 0.6) is 0 Å². The molecule has 1 aliphatic rings. The van der Waals surface area contributed by atoms with E-state index in [1.54, 1.807) is 13.8 Å². The van der Waals surface area contributed by atoms with E-state index in [0.717, 1.165) is 0 Å². The SMILES string of the molecule is CCOC(=O)c1[nH]c(/C=C2\C(=O)Nc3ccc(S(N)(=O)=O)cc32)c(CCC(=O)O)c1C. The molecule has 1 aromatic carbocycles. The quantitative estimate of drug-likeness (QED) is 0.369. The maximum Gasteiger partial charge on any atom is 0.355 e. The second-order valence-corrected chi connectivity index (χ2v) is 8.46. The Morgan fingerprint density at radius 3 is 2.61 bits per heavy atom. The molecule has 1 aliphatic heterocycles. The number of rotatable bonds is 7. The van der Waals surface area contributed by atoms with Gasteiger partial charge in [-0.2, -0.15) is 0 Å². The molecule has 0 spiro atoms. The molecule has 0 radical (unpaired) electrons. The summed E-state index contributed by atoms with van der Waals surface area (Å²) in [4.78, 5) is 38.7. The minimum atomic E-state index is -3.99. The number of carbonyl (C=O) groups is 3. The second kappa shape index (κ2) is 8.36. The number of H-pyrrole nitrogens is 1. The van der Waals surface area contributed by atoms with E-state index >= 15 is 0 Å². The number of anilines is 1.